The molecule has 0 saturated carbocycles. The van der Waals surface area contributed by atoms with Crippen LogP contribution in [-0.4, -0.2) is 16.5 Å². The normalized spacial score (nSPS) is 13.6. The van der Waals surface area contributed by atoms with Gasteiger partial charge in [0.15, 0.2) is 5.82 Å². The molecule has 1 aliphatic rings. The van der Waals surface area contributed by atoms with E-state index in [0.717, 1.165) is 35.2 Å². The van der Waals surface area contributed by atoms with E-state index < -0.39 is 0 Å². The highest BCUT2D eigenvalue weighted by Gasteiger charge is 2.20. The Labute approximate surface area is 145 Å². The molecule has 1 aliphatic heterocycles. The van der Waals surface area contributed by atoms with Crippen molar-refractivity contribution < 1.29 is 0 Å². The summed E-state index contributed by atoms with van der Waals surface area (Å²) in [6, 6.07) is 18.7. The first-order valence-corrected chi connectivity index (χ1v) is 8.78. The summed E-state index contributed by atoms with van der Waals surface area (Å²) in [4.78, 5) is 12.2. The van der Waals surface area contributed by atoms with Crippen molar-refractivity contribution in [3.05, 3.63) is 72.1 Å². The molecule has 1 aromatic heterocycles. The van der Waals surface area contributed by atoms with Crippen molar-refractivity contribution in [3.8, 4) is 0 Å². The van der Waals surface area contributed by atoms with Crippen LogP contribution in [0, 0.1) is 0 Å². The lowest BCUT2D eigenvalue weighted by molar-refractivity contribution is 0.718. The van der Waals surface area contributed by atoms with Gasteiger partial charge in [-0.05, 0) is 29.7 Å². The van der Waals surface area contributed by atoms with Crippen LogP contribution in [0.3, 0.4) is 0 Å². The molecule has 0 saturated heterocycles. The van der Waals surface area contributed by atoms with E-state index in [9.17, 15) is 0 Å². The SMILES string of the molecule is Nc1c(Sc2ccccc2)ncnc1N1CCc2ccccc2C1. The zero-order valence-electron chi connectivity index (χ0n) is 13.2. The smallest absolute Gasteiger partial charge is 0.156 e. The van der Waals surface area contributed by atoms with Crippen LogP contribution in [0.15, 0.2) is 70.8 Å². The number of nitrogens with two attached hydrogens (primary N) is 1. The molecule has 2 N–H and O–H groups in total. The first kappa shape index (κ1) is 15.0. The second-order valence-electron chi connectivity index (χ2n) is 5.77. The fraction of sp³-hybridized carbons (Fsp3) is 0.158. The van der Waals surface area contributed by atoms with E-state index in [2.05, 4.69) is 51.3 Å². The van der Waals surface area contributed by atoms with Crippen molar-refractivity contribution >= 4 is 23.3 Å². The zero-order valence-corrected chi connectivity index (χ0v) is 14.0. The maximum atomic E-state index is 6.39. The predicted molar refractivity (Wildman–Crippen MR) is 98.2 cm³/mol. The van der Waals surface area contributed by atoms with Crippen molar-refractivity contribution in [1.29, 1.82) is 0 Å². The minimum Gasteiger partial charge on any atom is -0.394 e. The average molecular weight is 334 g/mol. The van der Waals surface area contributed by atoms with Gasteiger partial charge < -0.3 is 10.6 Å². The Morgan fingerprint density at radius 2 is 1.67 bits per heavy atom. The van der Waals surface area contributed by atoms with Crippen LogP contribution in [0.25, 0.3) is 0 Å². The summed E-state index contributed by atoms with van der Waals surface area (Å²) in [5, 5.41) is 0.810. The number of benzene rings is 2. The van der Waals surface area contributed by atoms with Crippen LogP contribution in [-0.2, 0) is 13.0 Å². The molecule has 4 rings (SSSR count). The molecule has 120 valence electrons. The van der Waals surface area contributed by atoms with Crippen molar-refractivity contribution in [2.24, 2.45) is 0 Å². The van der Waals surface area contributed by atoms with Gasteiger partial charge in [-0.25, -0.2) is 9.97 Å². The van der Waals surface area contributed by atoms with Gasteiger partial charge >= 0.3 is 0 Å². The topological polar surface area (TPSA) is 55.0 Å². The van der Waals surface area contributed by atoms with Gasteiger partial charge in [0.1, 0.15) is 17.0 Å². The number of hydrogen-bond acceptors (Lipinski definition) is 5. The number of fused-ring (bicyclic) bond motifs is 1. The molecule has 0 amide bonds. The molecule has 3 aromatic rings. The molecule has 4 nitrogen and oxygen atoms in total. The van der Waals surface area contributed by atoms with Crippen molar-refractivity contribution in [2.75, 3.05) is 17.2 Å². The Balaban J connectivity index is 1.62. The number of nitrogen functional groups attached to an aromatic ring is 1. The average Bonchev–Trinajstić information content (AvgIpc) is 2.64. The van der Waals surface area contributed by atoms with E-state index in [4.69, 9.17) is 5.73 Å². The lowest BCUT2D eigenvalue weighted by atomic mass is 10.00. The lowest BCUT2D eigenvalue weighted by Crippen LogP contribution is -2.31. The lowest BCUT2D eigenvalue weighted by Gasteiger charge is -2.30. The van der Waals surface area contributed by atoms with E-state index in [0.29, 0.717) is 5.69 Å². The van der Waals surface area contributed by atoms with Crippen LogP contribution in [0.5, 0.6) is 0 Å². The molecule has 0 bridgehead atoms. The van der Waals surface area contributed by atoms with Gasteiger partial charge in [-0.3, -0.25) is 0 Å². The molecular weight excluding hydrogens is 316 g/mol. The van der Waals surface area contributed by atoms with Crippen LogP contribution in [0.1, 0.15) is 11.1 Å². The van der Waals surface area contributed by atoms with Gasteiger partial charge in [-0.15, -0.1) is 0 Å². The fourth-order valence-corrected chi connectivity index (χ4v) is 3.80. The monoisotopic (exact) mass is 334 g/mol. The first-order chi connectivity index (χ1) is 11.8. The molecule has 0 spiro atoms. The predicted octanol–water partition coefficient (Wildman–Crippen LogP) is 3.77. The Kier molecular flexibility index (Phi) is 4.09. The third-order valence-corrected chi connectivity index (χ3v) is 5.24. The van der Waals surface area contributed by atoms with E-state index >= 15 is 0 Å². The summed E-state index contributed by atoms with van der Waals surface area (Å²) in [6.07, 6.45) is 2.62. The minimum atomic E-state index is 0.658. The van der Waals surface area contributed by atoms with Crippen LogP contribution in [0.4, 0.5) is 11.5 Å². The second kappa shape index (κ2) is 6.53. The van der Waals surface area contributed by atoms with Crippen LogP contribution < -0.4 is 10.6 Å². The van der Waals surface area contributed by atoms with Gasteiger partial charge in [0.05, 0.1) is 0 Å². The highest BCUT2D eigenvalue weighted by molar-refractivity contribution is 7.99. The van der Waals surface area contributed by atoms with Gasteiger partial charge in [-0.1, -0.05) is 54.2 Å². The molecule has 2 heterocycles. The second-order valence-corrected chi connectivity index (χ2v) is 6.83. The molecular formula is C19H18N4S. The molecule has 2 aromatic carbocycles. The summed E-state index contributed by atoms with van der Waals surface area (Å²) < 4.78 is 0. The summed E-state index contributed by atoms with van der Waals surface area (Å²) in [5.74, 6) is 0.831. The quantitative estimate of drug-likeness (QED) is 0.739. The zero-order chi connectivity index (χ0) is 16.4. The van der Waals surface area contributed by atoms with E-state index in [1.807, 2.05) is 18.2 Å². The summed E-state index contributed by atoms with van der Waals surface area (Å²) in [5.41, 5.74) is 9.82. The standard InChI is InChI=1S/C19H18N4S/c20-17-18(23-11-10-14-6-4-5-7-15(14)12-23)21-13-22-19(17)24-16-8-2-1-3-9-16/h1-9,13H,10-12,20H2. The number of aromatic nitrogens is 2. The molecule has 0 fully saturated rings. The van der Waals surface area contributed by atoms with Crippen molar-refractivity contribution in [1.82, 2.24) is 9.97 Å². The highest BCUT2D eigenvalue weighted by atomic mass is 32.2. The molecule has 0 atom stereocenters. The Morgan fingerprint density at radius 3 is 2.50 bits per heavy atom. The fourth-order valence-electron chi connectivity index (χ4n) is 2.98. The van der Waals surface area contributed by atoms with Gasteiger partial charge in [0, 0.05) is 18.0 Å². The van der Waals surface area contributed by atoms with E-state index in [-0.39, 0.29) is 0 Å². The molecule has 5 heteroatoms. The molecule has 0 radical (unpaired) electrons. The third-order valence-electron chi connectivity index (χ3n) is 4.21. The third kappa shape index (κ3) is 2.95. The summed E-state index contributed by atoms with van der Waals surface area (Å²) in [7, 11) is 0. The number of hydrogen-bond donors (Lipinski definition) is 1. The van der Waals surface area contributed by atoms with Crippen molar-refractivity contribution in [2.45, 2.75) is 22.9 Å². The van der Waals surface area contributed by atoms with Gasteiger partial charge in [-0.2, -0.15) is 0 Å². The number of anilines is 2. The summed E-state index contributed by atoms with van der Waals surface area (Å²) in [6.45, 7) is 1.76. The first-order valence-electron chi connectivity index (χ1n) is 7.96. The number of rotatable bonds is 3. The maximum absolute atomic E-state index is 6.39. The molecule has 0 aliphatic carbocycles. The highest BCUT2D eigenvalue weighted by Crippen LogP contribution is 2.35. The number of nitrogens with zero attached hydrogens (tertiary/aromatic N) is 3. The van der Waals surface area contributed by atoms with Crippen LogP contribution >= 0.6 is 11.8 Å². The van der Waals surface area contributed by atoms with Gasteiger partial charge in [0.2, 0.25) is 0 Å². The molecule has 0 unspecified atom stereocenters. The van der Waals surface area contributed by atoms with Crippen LogP contribution in [0.2, 0.25) is 0 Å². The summed E-state index contributed by atoms with van der Waals surface area (Å²) >= 11 is 1.58. The van der Waals surface area contributed by atoms with Gasteiger partial charge in [0.25, 0.3) is 0 Å². The van der Waals surface area contributed by atoms with E-state index in [1.165, 1.54) is 11.1 Å². The Hall–Kier alpha value is -2.53. The van der Waals surface area contributed by atoms with E-state index in [1.54, 1.807) is 18.1 Å². The Morgan fingerprint density at radius 1 is 0.917 bits per heavy atom. The Bertz CT molecular complexity index is 851. The molecule has 24 heavy (non-hydrogen) atoms. The largest absolute Gasteiger partial charge is 0.394 e. The van der Waals surface area contributed by atoms with Crippen molar-refractivity contribution in [3.63, 3.8) is 0 Å². The minimum absolute atomic E-state index is 0.658. The maximum Gasteiger partial charge on any atom is 0.156 e.